The zero-order chi connectivity index (χ0) is 8.27. The highest BCUT2D eigenvalue weighted by atomic mass is 16.5. The Labute approximate surface area is 65.5 Å². The van der Waals surface area contributed by atoms with Gasteiger partial charge in [-0.25, -0.2) is 0 Å². The van der Waals surface area contributed by atoms with Crippen LogP contribution in [0.25, 0.3) is 0 Å². The van der Waals surface area contributed by atoms with E-state index in [-0.39, 0.29) is 24.5 Å². The molecule has 11 heavy (non-hydrogen) atoms. The van der Waals surface area contributed by atoms with Crippen molar-refractivity contribution in [3.8, 4) is 0 Å². The lowest BCUT2D eigenvalue weighted by molar-refractivity contribution is -0.119. The standard InChI is InChI=1S/C7H13NO3/c1-11-4-5-2-7(10)8-6(5)3-9/h5-6,9H,2-4H2,1H3,(H,8,10). The Balaban J connectivity index is 2.43. The molecule has 1 aliphatic heterocycles. The number of hydrogen-bond acceptors (Lipinski definition) is 3. The van der Waals surface area contributed by atoms with E-state index in [0.717, 1.165) is 0 Å². The normalized spacial score (nSPS) is 30.5. The van der Waals surface area contributed by atoms with E-state index in [0.29, 0.717) is 13.0 Å². The van der Waals surface area contributed by atoms with Crippen LogP contribution in [0.1, 0.15) is 6.42 Å². The Hall–Kier alpha value is -0.610. The highest BCUT2D eigenvalue weighted by molar-refractivity contribution is 5.79. The van der Waals surface area contributed by atoms with Gasteiger partial charge in [-0.05, 0) is 0 Å². The second kappa shape index (κ2) is 3.69. The first-order valence-corrected chi connectivity index (χ1v) is 3.67. The number of ether oxygens (including phenoxy) is 1. The lowest BCUT2D eigenvalue weighted by Crippen LogP contribution is -2.33. The molecule has 1 fully saturated rings. The molecule has 1 heterocycles. The van der Waals surface area contributed by atoms with E-state index in [4.69, 9.17) is 9.84 Å². The van der Waals surface area contributed by atoms with E-state index in [1.165, 1.54) is 0 Å². The molecule has 1 saturated heterocycles. The summed E-state index contributed by atoms with van der Waals surface area (Å²) in [6.45, 7) is 0.531. The number of carbonyl (C=O) groups excluding carboxylic acids is 1. The van der Waals surface area contributed by atoms with E-state index in [1.807, 2.05) is 0 Å². The van der Waals surface area contributed by atoms with Gasteiger partial charge in [0.1, 0.15) is 0 Å². The van der Waals surface area contributed by atoms with Crippen LogP contribution in [0.2, 0.25) is 0 Å². The fraction of sp³-hybridized carbons (Fsp3) is 0.857. The minimum atomic E-state index is -0.109. The molecule has 0 aromatic heterocycles. The molecule has 0 aliphatic carbocycles. The molecule has 1 amide bonds. The monoisotopic (exact) mass is 159 g/mol. The van der Waals surface area contributed by atoms with Crippen LogP contribution in [-0.4, -0.2) is 37.4 Å². The summed E-state index contributed by atoms with van der Waals surface area (Å²) >= 11 is 0. The minimum absolute atomic E-state index is 0.000231. The Kier molecular flexibility index (Phi) is 2.84. The largest absolute Gasteiger partial charge is 0.394 e. The maximum Gasteiger partial charge on any atom is 0.220 e. The van der Waals surface area contributed by atoms with Gasteiger partial charge in [-0.2, -0.15) is 0 Å². The number of carbonyl (C=O) groups is 1. The molecule has 0 bridgehead atoms. The average Bonchev–Trinajstić information content (AvgIpc) is 2.32. The summed E-state index contributed by atoms with van der Waals surface area (Å²) < 4.78 is 4.90. The fourth-order valence-electron chi connectivity index (χ4n) is 1.35. The number of hydrogen-bond donors (Lipinski definition) is 2. The van der Waals surface area contributed by atoms with Gasteiger partial charge >= 0.3 is 0 Å². The predicted octanol–water partition coefficient (Wildman–Crippen LogP) is -0.870. The zero-order valence-electron chi connectivity index (χ0n) is 6.54. The molecule has 2 atom stereocenters. The molecule has 1 aliphatic rings. The summed E-state index contributed by atoms with van der Waals surface area (Å²) in [5.41, 5.74) is 0. The summed E-state index contributed by atoms with van der Waals surface area (Å²) in [6, 6.07) is -0.109. The fourth-order valence-corrected chi connectivity index (χ4v) is 1.35. The molecular weight excluding hydrogens is 146 g/mol. The van der Waals surface area contributed by atoms with Gasteiger partial charge in [-0.15, -0.1) is 0 Å². The summed E-state index contributed by atoms with van der Waals surface area (Å²) in [4.78, 5) is 10.8. The second-order valence-electron chi connectivity index (χ2n) is 2.78. The number of nitrogens with one attached hydrogen (secondary N) is 1. The van der Waals surface area contributed by atoms with Gasteiger partial charge in [0.05, 0.1) is 19.3 Å². The third kappa shape index (κ3) is 1.91. The number of amides is 1. The molecule has 1 rings (SSSR count). The molecule has 0 radical (unpaired) electrons. The number of rotatable bonds is 3. The summed E-state index contributed by atoms with van der Waals surface area (Å²) in [5, 5.41) is 11.5. The number of methoxy groups -OCH3 is 1. The van der Waals surface area contributed by atoms with Crippen LogP contribution in [0, 0.1) is 5.92 Å². The van der Waals surface area contributed by atoms with E-state index in [1.54, 1.807) is 7.11 Å². The zero-order valence-corrected chi connectivity index (χ0v) is 6.54. The van der Waals surface area contributed by atoms with Gasteiger partial charge in [0.2, 0.25) is 5.91 Å². The van der Waals surface area contributed by atoms with E-state index in [2.05, 4.69) is 5.32 Å². The highest BCUT2D eigenvalue weighted by Gasteiger charge is 2.31. The molecular formula is C7H13NO3. The van der Waals surface area contributed by atoms with Gasteiger partial charge < -0.3 is 15.2 Å². The highest BCUT2D eigenvalue weighted by Crippen LogP contribution is 2.15. The third-order valence-corrected chi connectivity index (χ3v) is 1.94. The summed E-state index contributed by atoms with van der Waals surface area (Å²) in [6.07, 6.45) is 0.471. The molecule has 4 nitrogen and oxygen atoms in total. The van der Waals surface area contributed by atoms with Crippen molar-refractivity contribution in [2.75, 3.05) is 20.3 Å². The SMILES string of the molecule is COCC1CC(=O)NC1CO. The molecule has 0 aromatic rings. The number of aliphatic hydroxyl groups is 1. The van der Waals surface area contributed by atoms with Crippen LogP contribution in [0.3, 0.4) is 0 Å². The van der Waals surface area contributed by atoms with Crippen molar-refractivity contribution in [1.82, 2.24) is 5.32 Å². The number of aliphatic hydroxyl groups excluding tert-OH is 1. The van der Waals surface area contributed by atoms with Gasteiger partial charge in [-0.3, -0.25) is 4.79 Å². The van der Waals surface area contributed by atoms with Crippen molar-refractivity contribution in [3.05, 3.63) is 0 Å². The molecule has 0 saturated carbocycles. The Bertz CT molecular complexity index is 149. The van der Waals surface area contributed by atoms with Crippen LogP contribution >= 0.6 is 0 Å². The molecule has 2 N–H and O–H groups in total. The van der Waals surface area contributed by atoms with Crippen molar-refractivity contribution in [2.24, 2.45) is 5.92 Å². The van der Waals surface area contributed by atoms with Gasteiger partial charge in [0.25, 0.3) is 0 Å². The van der Waals surface area contributed by atoms with Crippen LogP contribution in [0.4, 0.5) is 0 Å². The first kappa shape index (κ1) is 8.49. The van der Waals surface area contributed by atoms with Crippen molar-refractivity contribution in [3.63, 3.8) is 0 Å². The Morgan fingerprint density at radius 1 is 1.82 bits per heavy atom. The maximum atomic E-state index is 10.8. The first-order chi connectivity index (χ1) is 5.27. The topological polar surface area (TPSA) is 58.6 Å². The quantitative estimate of drug-likeness (QED) is 0.562. The van der Waals surface area contributed by atoms with Crippen LogP contribution in [0.5, 0.6) is 0 Å². The smallest absolute Gasteiger partial charge is 0.220 e. The lowest BCUT2D eigenvalue weighted by atomic mass is 10.0. The van der Waals surface area contributed by atoms with Crippen LogP contribution < -0.4 is 5.32 Å². The second-order valence-corrected chi connectivity index (χ2v) is 2.78. The van der Waals surface area contributed by atoms with Gasteiger partial charge in [-0.1, -0.05) is 0 Å². The van der Waals surface area contributed by atoms with Crippen molar-refractivity contribution in [2.45, 2.75) is 12.5 Å². The van der Waals surface area contributed by atoms with E-state index < -0.39 is 0 Å². The van der Waals surface area contributed by atoms with E-state index >= 15 is 0 Å². The molecule has 0 aromatic carbocycles. The van der Waals surface area contributed by atoms with Crippen molar-refractivity contribution in [1.29, 1.82) is 0 Å². The summed E-state index contributed by atoms with van der Waals surface area (Å²) in [7, 11) is 1.59. The third-order valence-electron chi connectivity index (χ3n) is 1.94. The Morgan fingerprint density at radius 2 is 2.55 bits per heavy atom. The average molecular weight is 159 g/mol. The Morgan fingerprint density at radius 3 is 3.09 bits per heavy atom. The minimum Gasteiger partial charge on any atom is -0.394 e. The maximum absolute atomic E-state index is 10.8. The van der Waals surface area contributed by atoms with Crippen LogP contribution in [0.15, 0.2) is 0 Å². The predicted molar refractivity (Wildman–Crippen MR) is 39.0 cm³/mol. The lowest BCUT2D eigenvalue weighted by Gasteiger charge is -2.14. The molecule has 64 valence electrons. The van der Waals surface area contributed by atoms with Crippen molar-refractivity contribution < 1.29 is 14.6 Å². The van der Waals surface area contributed by atoms with Gasteiger partial charge in [0, 0.05) is 19.4 Å². The molecule has 2 unspecified atom stereocenters. The van der Waals surface area contributed by atoms with Crippen molar-refractivity contribution >= 4 is 5.91 Å². The molecule has 4 heteroatoms. The van der Waals surface area contributed by atoms with Crippen LogP contribution in [-0.2, 0) is 9.53 Å². The van der Waals surface area contributed by atoms with Gasteiger partial charge in [0.15, 0.2) is 0 Å². The summed E-state index contributed by atoms with van der Waals surface area (Å²) in [5.74, 6) is 0.142. The first-order valence-electron chi connectivity index (χ1n) is 3.67. The molecule has 0 spiro atoms. The van der Waals surface area contributed by atoms with E-state index in [9.17, 15) is 4.79 Å².